The van der Waals surface area contributed by atoms with E-state index >= 15 is 0 Å². The van der Waals surface area contributed by atoms with Crippen LogP contribution < -0.4 is 4.90 Å². The SMILES string of the molecule is CSCC(C)N(C)c1nc(Cl)cs1. The number of hydrogen-bond donors (Lipinski definition) is 0. The Hall–Kier alpha value is 0.0700. The third-order valence-electron chi connectivity index (χ3n) is 1.83. The standard InChI is InChI=1S/C8H13ClN2S2/c1-6(4-12-3)11(2)8-10-7(9)5-13-8/h5-6H,4H2,1-3H3. The molecule has 1 rings (SSSR count). The lowest BCUT2D eigenvalue weighted by molar-refractivity contribution is 0.762. The van der Waals surface area contributed by atoms with Gasteiger partial charge in [-0.3, -0.25) is 0 Å². The number of thioether (sulfide) groups is 1. The van der Waals surface area contributed by atoms with Crippen molar-refractivity contribution in [3.05, 3.63) is 10.5 Å². The van der Waals surface area contributed by atoms with Crippen molar-refractivity contribution in [2.24, 2.45) is 0 Å². The minimum Gasteiger partial charge on any atom is -0.348 e. The highest BCUT2D eigenvalue weighted by Crippen LogP contribution is 2.24. The Balaban J connectivity index is 2.61. The number of nitrogens with zero attached hydrogens (tertiary/aromatic N) is 2. The molecule has 1 heterocycles. The molecule has 0 amide bonds. The molecule has 0 spiro atoms. The zero-order chi connectivity index (χ0) is 9.84. The number of hydrogen-bond acceptors (Lipinski definition) is 4. The predicted molar refractivity (Wildman–Crippen MR) is 63.4 cm³/mol. The highest BCUT2D eigenvalue weighted by Gasteiger charge is 2.12. The van der Waals surface area contributed by atoms with Gasteiger partial charge in [0.05, 0.1) is 0 Å². The first kappa shape index (κ1) is 11.1. The van der Waals surface area contributed by atoms with E-state index in [2.05, 4.69) is 30.1 Å². The third-order valence-corrected chi connectivity index (χ3v) is 3.90. The van der Waals surface area contributed by atoms with E-state index in [0.717, 1.165) is 10.9 Å². The minimum atomic E-state index is 0.497. The molecule has 13 heavy (non-hydrogen) atoms. The van der Waals surface area contributed by atoms with Gasteiger partial charge in [0.1, 0.15) is 5.15 Å². The zero-order valence-electron chi connectivity index (χ0n) is 7.95. The van der Waals surface area contributed by atoms with Gasteiger partial charge in [0, 0.05) is 24.2 Å². The molecule has 0 aliphatic carbocycles. The second-order valence-electron chi connectivity index (χ2n) is 2.87. The Morgan fingerprint density at radius 1 is 1.77 bits per heavy atom. The molecule has 0 saturated carbocycles. The van der Waals surface area contributed by atoms with Crippen molar-refractivity contribution in [2.75, 3.05) is 24.0 Å². The molecular weight excluding hydrogens is 224 g/mol. The number of rotatable bonds is 4. The van der Waals surface area contributed by atoms with E-state index in [1.54, 1.807) is 11.3 Å². The molecule has 0 aliphatic heterocycles. The summed E-state index contributed by atoms with van der Waals surface area (Å²) in [4.78, 5) is 6.37. The van der Waals surface area contributed by atoms with E-state index in [-0.39, 0.29) is 0 Å². The van der Waals surface area contributed by atoms with Crippen LogP contribution in [0.15, 0.2) is 5.38 Å². The molecule has 1 atom stereocenters. The molecule has 0 aromatic carbocycles. The van der Waals surface area contributed by atoms with Crippen LogP contribution in [-0.2, 0) is 0 Å². The Kier molecular flexibility index (Phi) is 4.35. The van der Waals surface area contributed by atoms with Gasteiger partial charge in [-0.15, -0.1) is 11.3 Å². The van der Waals surface area contributed by atoms with Crippen LogP contribution in [0.25, 0.3) is 0 Å². The first-order valence-electron chi connectivity index (χ1n) is 3.98. The highest BCUT2D eigenvalue weighted by molar-refractivity contribution is 7.98. The van der Waals surface area contributed by atoms with Gasteiger partial charge in [0.25, 0.3) is 0 Å². The van der Waals surface area contributed by atoms with Gasteiger partial charge in [-0.1, -0.05) is 11.6 Å². The van der Waals surface area contributed by atoms with Gasteiger partial charge in [0.2, 0.25) is 0 Å². The van der Waals surface area contributed by atoms with Gasteiger partial charge < -0.3 is 4.90 Å². The second-order valence-corrected chi connectivity index (χ2v) is 5.00. The summed E-state index contributed by atoms with van der Waals surface area (Å²) in [6.45, 7) is 2.19. The number of aromatic nitrogens is 1. The van der Waals surface area contributed by atoms with E-state index in [0.29, 0.717) is 11.2 Å². The quantitative estimate of drug-likeness (QED) is 0.800. The molecule has 1 unspecified atom stereocenters. The Bertz CT molecular complexity index is 264. The zero-order valence-corrected chi connectivity index (χ0v) is 10.3. The first-order valence-corrected chi connectivity index (χ1v) is 6.63. The van der Waals surface area contributed by atoms with Crippen molar-refractivity contribution in [1.29, 1.82) is 0 Å². The number of thiazole rings is 1. The molecule has 0 fully saturated rings. The summed E-state index contributed by atoms with van der Waals surface area (Å²) in [7, 11) is 2.05. The van der Waals surface area contributed by atoms with Crippen molar-refractivity contribution in [1.82, 2.24) is 4.98 Å². The van der Waals surface area contributed by atoms with E-state index in [1.807, 2.05) is 17.1 Å². The van der Waals surface area contributed by atoms with Crippen molar-refractivity contribution in [2.45, 2.75) is 13.0 Å². The largest absolute Gasteiger partial charge is 0.348 e. The number of anilines is 1. The molecule has 2 nitrogen and oxygen atoms in total. The van der Waals surface area contributed by atoms with E-state index < -0.39 is 0 Å². The molecule has 1 aromatic heterocycles. The maximum Gasteiger partial charge on any atom is 0.186 e. The molecule has 0 bridgehead atoms. The van der Waals surface area contributed by atoms with Crippen LogP contribution in [0.3, 0.4) is 0 Å². The molecule has 0 saturated heterocycles. The fraction of sp³-hybridized carbons (Fsp3) is 0.625. The predicted octanol–water partition coefficient (Wildman–Crippen LogP) is 2.98. The lowest BCUT2D eigenvalue weighted by Gasteiger charge is -2.23. The topological polar surface area (TPSA) is 16.1 Å². The van der Waals surface area contributed by atoms with Crippen molar-refractivity contribution in [3.63, 3.8) is 0 Å². The van der Waals surface area contributed by atoms with Gasteiger partial charge in [-0.2, -0.15) is 11.8 Å². The smallest absolute Gasteiger partial charge is 0.186 e. The lowest BCUT2D eigenvalue weighted by Crippen LogP contribution is -2.30. The fourth-order valence-corrected chi connectivity index (χ4v) is 2.67. The number of halogens is 1. The molecule has 0 N–H and O–H groups in total. The summed E-state index contributed by atoms with van der Waals surface area (Å²) >= 11 is 9.18. The molecular formula is C8H13ClN2S2. The Morgan fingerprint density at radius 2 is 2.46 bits per heavy atom. The van der Waals surface area contributed by atoms with E-state index in [4.69, 9.17) is 11.6 Å². The molecule has 5 heteroatoms. The average molecular weight is 237 g/mol. The Morgan fingerprint density at radius 3 is 2.92 bits per heavy atom. The summed E-state index contributed by atoms with van der Waals surface area (Å²) in [5, 5.41) is 3.44. The van der Waals surface area contributed by atoms with Crippen LogP contribution in [0.1, 0.15) is 6.92 Å². The fourth-order valence-electron chi connectivity index (χ4n) is 0.949. The molecule has 74 valence electrons. The maximum absolute atomic E-state index is 5.75. The van der Waals surface area contributed by atoms with Crippen molar-refractivity contribution >= 4 is 39.8 Å². The van der Waals surface area contributed by atoms with Crippen LogP contribution in [0.4, 0.5) is 5.13 Å². The summed E-state index contributed by atoms with van der Waals surface area (Å²) < 4.78 is 0. The normalized spacial score (nSPS) is 12.9. The Labute approximate surface area is 92.3 Å². The van der Waals surface area contributed by atoms with E-state index in [9.17, 15) is 0 Å². The summed E-state index contributed by atoms with van der Waals surface area (Å²) in [5.41, 5.74) is 0. The third kappa shape index (κ3) is 3.04. The van der Waals surface area contributed by atoms with Gasteiger partial charge >= 0.3 is 0 Å². The minimum absolute atomic E-state index is 0.497. The second kappa shape index (κ2) is 5.08. The van der Waals surface area contributed by atoms with Crippen LogP contribution in [0, 0.1) is 0 Å². The van der Waals surface area contributed by atoms with Crippen molar-refractivity contribution in [3.8, 4) is 0 Å². The monoisotopic (exact) mass is 236 g/mol. The maximum atomic E-state index is 5.75. The van der Waals surface area contributed by atoms with Gasteiger partial charge in [0.15, 0.2) is 5.13 Å². The average Bonchev–Trinajstić information content (AvgIpc) is 2.51. The van der Waals surface area contributed by atoms with Gasteiger partial charge in [-0.25, -0.2) is 4.98 Å². The van der Waals surface area contributed by atoms with Crippen LogP contribution >= 0.6 is 34.7 Å². The van der Waals surface area contributed by atoms with Crippen LogP contribution in [0.5, 0.6) is 0 Å². The van der Waals surface area contributed by atoms with Gasteiger partial charge in [-0.05, 0) is 13.2 Å². The summed E-state index contributed by atoms with van der Waals surface area (Å²) in [5.74, 6) is 1.10. The summed E-state index contributed by atoms with van der Waals surface area (Å²) in [6.07, 6.45) is 2.11. The molecule has 1 aromatic rings. The van der Waals surface area contributed by atoms with Crippen LogP contribution in [-0.4, -0.2) is 30.1 Å². The van der Waals surface area contributed by atoms with Crippen LogP contribution in [0.2, 0.25) is 5.15 Å². The van der Waals surface area contributed by atoms with Crippen molar-refractivity contribution < 1.29 is 0 Å². The summed E-state index contributed by atoms with van der Waals surface area (Å²) in [6, 6.07) is 0.497. The molecule has 0 radical (unpaired) electrons. The highest BCUT2D eigenvalue weighted by atomic mass is 35.5. The van der Waals surface area contributed by atoms with E-state index in [1.165, 1.54) is 0 Å². The molecule has 0 aliphatic rings. The first-order chi connectivity index (χ1) is 6.15. The lowest BCUT2D eigenvalue weighted by atomic mass is 10.4.